The number of aromatic amines is 1. The molecule has 4 heterocycles. The highest BCUT2D eigenvalue weighted by Crippen LogP contribution is 2.34. The first kappa shape index (κ1) is 20.9. The summed E-state index contributed by atoms with van der Waals surface area (Å²) in [5.41, 5.74) is 3.48. The molecule has 174 valence electrons. The Balaban J connectivity index is 1.43. The number of piperidine rings is 1. The highest BCUT2D eigenvalue weighted by atomic mass is 16.7. The number of nitrogens with one attached hydrogen (secondary N) is 1. The number of fused-ring (bicyclic) bond motifs is 2. The Morgan fingerprint density at radius 2 is 1.91 bits per heavy atom. The summed E-state index contributed by atoms with van der Waals surface area (Å²) in [4.78, 5) is 18.8. The fraction of sp³-hybridized carbons (Fsp3) is 0.360. The van der Waals surface area contributed by atoms with Crippen molar-refractivity contribution in [2.45, 2.75) is 38.8 Å². The maximum absolute atomic E-state index is 13.4. The van der Waals surface area contributed by atoms with Crippen LogP contribution in [0.15, 0.2) is 47.3 Å². The molecular formula is C25H26N6O3. The number of para-hydroxylation sites is 1. The van der Waals surface area contributed by atoms with Gasteiger partial charge in [0.15, 0.2) is 17.3 Å². The van der Waals surface area contributed by atoms with Gasteiger partial charge >= 0.3 is 0 Å². The van der Waals surface area contributed by atoms with Gasteiger partial charge in [-0.2, -0.15) is 0 Å². The number of H-pyrrole nitrogens is 1. The Morgan fingerprint density at radius 1 is 1.06 bits per heavy atom. The van der Waals surface area contributed by atoms with E-state index in [1.807, 2.05) is 49.4 Å². The molecule has 34 heavy (non-hydrogen) atoms. The number of rotatable bonds is 5. The molecular weight excluding hydrogens is 432 g/mol. The van der Waals surface area contributed by atoms with Gasteiger partial charge in [0, 0.05) is 5.56 Å². The van der Waals surface area contributed by atoms with E-state index in [-0.39, 0.29) is 18.4 Å². The number of nitrogens with zero attached hydrogens (tertiary/aromatic N) is 5. The second-order valence-corrected chi connectivity index (χ2v) is 8.97. The van der Waals surface area contributed by atoms with Crippen molar-refractivity contribution >= 4 is 10.9 Å². The first-order valence-corrected chi connectivity index (χ1v) is 11.7. The second-order valence-electron chi connectivity index (χ2n) is 8.97. The Morgan fingerprint density at radius 3 is 2.79 bits per heavy atom. The molecule has 0 bridgehead atoms. The highest BCUT2D eigenvalue weighted by Gasteiger charge is 2.31. The van der Waals surface area contributed by atoms with Gasteiger partial charge in [-0.15, -0.1) is 5.10 Å². The second kappa shape index (κ2) is 8.57. The van der Waals surface area contributed by atoms with Crippen LogP contribution in [0.2, 0.25) is 0 Å². The van der Waals surface area contributed by atoms with Crippen LogP contribution in [0.4, 0.5) is 0 Å². The molecule has 4 aromatic rings. The first-order chi connectivity index (χ1) is 16.7. The summed E-state index contributed by atoms with van der Waals surface area (Å²) in [6.07, 6.45) is 3.37. The van der Waals surface area contributed by atoms with E-state index in [1.165, 1.54) is 6.42 Å². The molecule has 0 saturated carbocycles. The van der Waals surface area contributed by atoms with Gasteiger partial charge in [-0.1, -0.05) is 30.7 Å². The third-order valence-electron chi connectivity index (χ3n) is 6.74. The molecule has 0 amide bonds. The molecule has 1 saturated heterocycles. The monoisotopic (exact) mass is 458 g/mol. The Bertz CT molecular complexity index is 1410. The summed E-state index contributed by atoms with van der Waals surface area (Å²) >= 11 is 0. The van der Waals surface area contributed by atoms with Crippen LogP contribution in [0, 0.1) is 6.92 Å². The number of hydrogen-bond donors (Lipinski definition) is 1. The number of benzene rings is 2. The topological polar surface area (TPSA) is 98.2 Å². The van der Waals surface area contributed by atoms with E-state index in [0.29, 0.717) is 17.9 Å². The van der Waals surface area contributed by atoms with Gasteiger partial charge in [-0.25, -0.2) is 4.68 Å². The molecule has 1 atom stereocenters. The fourth-order valence-corrected chi connectivity index (χ4v) is 5.01. The Kier molecular flexibility index (Phi) is 5.26. The first-order valence-electron chi connectivity index (χ1n) is 11.7. The molecule has 1 unspecified atom stereocenters. The normalized spacial score (nSPS) is 16.7. The summed E-state index contributed by atoms with van der Waals surface area (Å²) in [5, 5.41) is 13.7. The van der Waals surface area contributed by atoms with Crippen LogP contribution in [0.5, 0.6) is 11.5 Å². The quantitative estimate of drug-likeness (QED) is 0.490. The Hall–Kier alpha value is -3.72. The van der Waals surface area contributed by atoms with Crippen molar-refractivity contribution in [3.05, 3.63) is 75.3 Å². The van der Waals surface area contributed by atoms with Crippen LogP contribution in [0.25, 0.3) is 10.9 Å². The van der Waals surface area contributed by atoms with Gasteiger partial charge in [0.05, 0.1) is 12.1 Å². The number of likely N-dealkylation sites (tertiary alicyclic amines) is 1. The van der Waals surface area contributed by atoms with Crippen molar-refractivity contribution in [3.8, 4) is 11.5 Å². The lowest BCUT2D eigenvalue weighted by Gasteiger charge is -2.33. The van der Waals surface area contributed by atoms with Crippen molar-refractivity contribution in [2.24, 2.45) is 0 Å². The SMILES string of the molecule is Cc1cccc2cc(C(c3nnnn3Cc3ccc4c(c3)OCO4)N3CCCCC3)c(=O)[nH]c12. The summed E-state index contributed by atoms with van der Waals surface area (Å²) in [7, 11) is 0. The van der Waals surface area contributed by atoms with E-state index in [1.54, 1.807) is 4.68 Å². The van der Waals surface area contributed by atoms with Crippen LogP contribution in [0.1, 0.15) is 47.8 Å². The lowest BCUT2D eigenvalue weighted by atomic mass is 9.99. The van der Waals surface area contributed by atoms with Crippen LogP contribution in [-0.2, 0) is 6.54 Å². The highest BCUT2D eigenvalue weighted by molar-refractivity contribution is 5.82. The van der Waals surface area contributed by atoms with Gasteiger partial charge in [0.2, 0.25) is 6.79 Å². The van der Waals surface area contributed by atoms with Gasteiger partial charge < -0.3 is 14.5 Å². The molecule has 2 aromatic heterocycles. The van der Waals surface area contributed by atoms with Crippen molar-refractivity contribution in [3.63, 3.8) is 0 Å². The average Bonchev–Trinajstić information content (AvgIpc) is 3.50. The zero-order valence-corrected chi connectivity index (χ0v) is 19.0. The van der Waals surface area contributed by atoms with E-state index in [4.69, 9.17) is 9.47 Å². The third-order valence-corrected chi connectivity index (χ3v) is 6.74. The van der Waals surface area contributed by atoms with E-state index < -0.39 is 0 Å². The summed E-state index contributed by atoms with van der Waals surface area (Å²) < 4.78 is 12.7. The van der Waals surface area contributed by atoms with Crippen molar-refractivity contribution in [1.82, 2.24) is 30.1 Å². The van der Waals surface area contributed by atoms with Gasteiger partial charge in [0.1, 0.15) is 6.04 Å². The maximum Gasteiger partial charge on any atom is 0.253 e. The van der Waals surface area contributed by atoms with Crippen LogP contribution in [-0.4, -0.2) is 50.0 Å². The number of tetrazole rings is 1. The molecule has 2 aliphatic heterocycles. The molecule has 2 aliphatic rings. The third kappa shape index (κ3) is 3.71. The van der Waals surface area contributed by atoms with E-state index in [2.05, 4.69) is 25.4 Å². The van der Waals surface area contributed by atoms with E-state index in [9.17, 15) is 4.79 Å². The lowest BCUT2D eigenvalue weighted by molar-refractivity contribution is 0.174. The van der Waals surface area contributed by atoms with E-state index >= 15 is 0 Å². The minimum Gasteiger partial charge on any atom is -0.454 e. The predicted octanol–water partition coefficient (Wildman–Crippen LogP) is 3.18. The number of aryl methyl sites for hydroxylation is 1. The average molecular weight is 459 g/mol. The minimum atomic E-state index is -0.335. The molecule has 0 aliphatic carbocycles. The molecule has 1 fully saturated rings. The molecule has 9 nitrogen and oxygen atoms in total. The van der Waals surface area contributed by atoms with E-state index in [0.717, 1.165) is 59.5 Å². The van der Waals surface area contributed by atoms with Crippen LogP contribution >= 0.6 is 0 Å². The van der Waals surface area contributed by atoms with Crippen LogP contribution in [0.3, 0.4) is 0 Å². The minimum absolute atomic E-state index is 0.102. The fourth-order valence-electron chi connectivity index (χ4n) is 5.01. The molecule has 1 N–H and O–H groups in total. The molecule has 2 aromatic carbocycles. The van der Waals surface area contributed by atoms with Gasteiger partial charge in [-0.3, -0.25) is 9.69 Å². The molecule has 0 radical (unpaired) electrons. The Labute approximate surface area is 196 Å². The zero-order chi connectivity index (χ0) is 23.1. The number of hydrogen-bond acceptors (Lipinski definition) is 7. The molecule has 0 spiro atoms. The standard InChI is InChI=1S/C25H26N6O3/c1-16-6-5-7-18-13-19(25(32)26-22(16)18)23(30-10-3-2-4-11-30)24-27-28-29-31(24)14-17-8-9-20-21(12-17)34-15-33-20/h5-9,12-13,23H,2-4,10-11,14-15H2,1H3,(H,26,32). The summed E-state index contributed by atoms with van der Waals surface area (Å²) in [6.45, 7) is 4.50. The number of aromatic nitrogens is 5. The smallest absolute Gasteiger partial charge is 0.253 e. The predicted molar refractivity (Wildman–Crippen MR) is 126 cm³/mol. The number of ether oxygens (including phenoxy) is 2. The maximum atomic E-state index is 13.4. The van der Waals surface area contributed by atoms with Gasteiger partial charge in [-0.05, 0) is 78.0 Å². The largest absolute Gasteiger partial charge is 0.454 e. The van der Waals surface area contributed by atoms with Crippen molar-refractivity contribution in [2.75, 3.05) is 19.9 Å². The van der Waals surface area contributed by atoms with Crippen molar-refractivity contribution in [1.29, 1.82) is 0 Å². The summed E-state index contributed by atoms with van der Waals surface area (Å²) in [5.74, 6) is 2.13. The zero-order valence-electron chi connectivity index (χ0n) is 19.0. The van der Waals surface area contributed by atoms with Crippen molar-refractivity contribution < 1.29 is 9.47 Å². The summed E-state index contributed by atoms with van der Waals surface area (Å²) in [6, 6.07) is 13.6. The van der Waals surface area contributed by atoms with Gasteiger partial charge in [0.25, 0.3) is 5.56 Å². The lowest BCUT2D eigenvalue weighted by Crippen LogP contribution is -2.38. The molecule has 6 rings (SSSR count). The van der Waals surface area contributed by atoms with Crippen LogP contribution < -0.4 is 15.0 Å². The molecule has 9 heteroatoms. The number of pyridine rings is 1.